The van der Waals surface area contributed by atoms with Gasteiger partial charge in [-0.15, -0.1) is 0 Å². The molecule has 0 saturated carbocycles. The van der Waals surface area contributed by atoms with Gasteiger partial charge in [-0.2, -0.15) is 13.2 Å². The van der Waals surface area contributed by atoms with E-state index in [0.717, 1.165) is 11.6 Å². The average Bonchev–Trinajstić information content (AvgIpc) is 2.33. The summed E-state index contributed by atoms with van der Waals surface area (Å²) in [6.07, 6.45) is -4.23. The van der Waals surface area contributed by atoms with Gasteiger partial charge in [0, 0.05) is 10.0 Å². The zero-order valence-electron chi connectivity index (χ0n) is 9.64. The van der Waals surface area contributed by atoms with Crippen LogP contribution in [0.25, 0.3) is 0 Å². The maximum atomic E-state index is 12.9. The Hall–Kier alpha value is -1.19. The molecule has 0 amide bonds. The topological polar surface area (TPSA) is 0 Å². The Morgan fingerprint density at radius 1 is 0.842 bits per heavy atom. The van der Waals surface area contributed by atoms with E-state index in [4.69, 9.17) is 23.2 Å². The first-order chi connectivity index (χ1) is 8.86. The van der Waals surface area contributed by atoms with Gasteiger partial charge in [0.25, 0.3) is 0 Å². The largest absolute Gasteiger partial charge is 0.416 e. The van der Waals surface area contributed by atoms with Gasteiger partial charge in [0.15, 0.2) is 0 Å². The van der Waals surface area contributed by atoms with Crippen molar-refractivity contribution >= 4 is 23.2 Å². The third-order valence-electron chi connectivity index (χ3n) is 2.69. The van der Waals surface area contributed by atoms with Crippen LogP contribution in [0.2, 0.25) is 10.0 Å². The van der Waals surface area contributed by atoms with Crippen molar-refractivity contribution in [3.8, 4) is 0 Å². The molecule has 2 rings (SSSR count). The molecule has 2 aromatic carbocycles. The van der Waals surface area contributed by atoms with Crippen LogP contribution in [0, 0.1) is 0 Å². The first-order valence-electron chi connectivity index (χ1n) is 5.46. The second-order valence-electron chi connectivity index (χ2n) is 4.10. The van der Waals surface area contributed by atoms with Crippen LogP contribution in [0.15, 0.2) is 42.5 Å². The fourth-order valence-corrected chi connectivity index (χ4v) is 2.09. The second-order valence-corrected chi connectivity index (χ2v) is 4.98. The van der Waals surface area contributed by atoms with E-state index in [1.165, 1.54) is 12.1 Å². The Bertz CT molecular complexity index is 574. The van der Waals surface area contributed by atoms with Crippen LogP contribution in [0.5, 0.6) is 0 Å². The molecule has 0 aromatic heterocycles. The fraction of sp³-hybridized carbons (Fsp3) is 0.143. The quantitative estimate of drug-likeness (QED) is 0.677. The first-order valence-corrected chi connectivity index (χ1v) is 6.22. The van der Waals surface area contributed by atoms with Crippen LogP contribution >= 0.6 is 23.2 Å². The summed E-state index contributed by atoms with van der Waals surface area (Å²) in [5, 5.41) is 0.628. The van der Waals surface area contributed by atoms with Crippen LogP contribution < -0.4 is 0 Å². The third kappa shape index (κ3) is 3.64. The summed E-state index contributed by atoms with van der Waals surface area (Å²) in [6.45, 7) is 0. The lowest BCUT2D eigenvalue weighted by Gasteiger charge is -2.13. The van der Waals surface area contributed by atoms with Gasteiger partial charge in [0.05, 0.1) is 5.56 Å². The predicted octanol–water partition coefficient (Wildman–Crippen LogP) is 5.60. The van der Waals surface area contributed by atoms with Gasteiger partial charge in [0.1, 0.15) is 0 Å². The van der Waals surface area contributed by atoms with Gasteiger partial charge in [-0.05, 0) is 41.8 Å². The second kappa shape index (κ2) is 5.43. The van der Waals surface area contributed by atoms with Crippen molar-refractivity contribution in [1.82, 2.24) is 0 Å². The van der Waals surface area contributed by atoms with E-state index in [1.54, 1.807) is 24.3 Å². The van der Waals surface area contributed by atoms with E-state index in [9.17, 15) is 13.2 Å². The molecular formula is C14H9Cl2F3. The number of hydrogen-bond acceptors (Lipinski definition) is 0. The highest BCUT2D eigenvalue weighted by Crippen LogP contribution is 2.34. The SMILES string of the molecule is FC(F)(F)c1cc(Cl)ccc1Cc1ccc(Cl)cc1. The zero-order chi connectivity index (χ0) is 14.0. The van der Waals surface area contributed by atoms with Crippen LogP contribution in [-0.4, -0.2) is 0 Å². The standard InChI is InChI=1S/C14H9Cl2F3/c15-11-4-1-9(2-5-11)7-10-3-6-12(16)8-13(10)14(17,18)19/h1-6,8H,7H2. The number of alkyl halides is 3. The molecule has 2 aromatic rings. The highest BCUT2D eigenvalue weighted by atomic mass is 35.5. The van der Waals surface area contributed by atoms with E-state index in [0.29, 0.717) is 5.02 Å². The van der Waals surface area contributed by atoms with Gasteiger partial charge >= 0.3 is 6.18 Å². The van der Waals surface area contributed by atoms with Gasteiger partial charge in [-0.1, -0.05) is 41.4 Å². The van der Waals surface area contributed by atoms with Crippen molar-refractivity contribution in [2.45, 2.75) is 12.6 Å². The molecule has 100 valence electrons. The van der Waals surface area contributed by atoms with Gasteiger partial charge in [-0.25, -0.2) is 0 Å². The molecule has 19 heavy (non-hydrogen) atoms. The zero-order valence-corrected chi connectivity index (χ0v) is 11.2. The summed E-state index contributed by atoms with van der Waals surface area (Å²) in [7, 11) is 0. The molecular weight excluding hydrogens is 296 g/mol. The molecule has 0 spiro atoms. The molecule has 0 aliphatic heterocycles. The molecule has 0 fully saturated rings. The van der Waals surface area contributed by atoms with Gasteiger partial charge < -0.3 is 0 Å². The smallest absolute Gasteiger partial charge is 0.166 e. The summed E-state index contributed by atoms with van der Waals surface area (Å²) < 4.78 is 38.7. The Morgan fingerprint density at radius 3 is 2.00 bits per heavy atom. The number of halogens is 5. The normalized spacial score (nSPS) is 11.6. The molecule has 0 heterocycles. The Labute approximate surface area is 118 Å². The molecule has 0 nitrogen and oxygen atoms in total. The Kier molecular flexibility index (Phi) is 4.07. The van der Waals surface area contributed by atoms with Crippen LogP contribution in [0.4, 0.5) is 13.2 Å². The molecule has 0 aliphatic rings. The Morgan fingerprint density at radius 2 is 1.42 bits per heavy atom. The summed E-state index contributed by atoms with van der Waals surface area (Å²) in [6, 6.07) is 10.5. The van der Waals surface area contributed by atoms with Crippen molar-refractivity contribution in [2.24, 2.45) is 0 Å². The van der Waals surface area contributed by atoms with Crippen LogP contribution in [0.3, 0.4) is 0 Å². The summed E-state index contributed by atoms with van der Waals surface area (Å²) in [5.41, 5.74) is 0.256. The molecule has 0 saturated heterocycles. The molecule has 0 N–H and O–H groups in total. The van der Waals surface area contributed by atoms with Crippen molar-refractivity contribution in [1.29, 1.82) is 0 Å². The summed E-state index contributed by atoms with van der Waals surface area (Å²) in [4.78, 5) is 0. The van der Waals surface area contributed by atoms with Crippen molar-refractivity contribution < 1.29 is 13.2 Å². The van der Waals surface area contributed by atoms with Gasteiger partial charge in [0.2, 0.25) is 0 Å². The minimum absolute atomic E-state index is 0.0761. The molecule has 0 atom stereocenters. The Balaban J connectivity index is 2.37. The lowest BCUT2D eigenvalue weighted by molar-refractivity contribution is -0.138. The maximum absolute atomic E-state index is 12.9. The molecule has 0 radical (unpaired) electrons. The van der Waals surface area contributed by atoms with Crippen molar-refractivity contribution in [3.05, 3.63) is 69.2 Å². The monoisotopic (exact) mass is 304 g/mol. The van der Waals surface area contributed by atoms with Crippen LogP contribution in [-0.2, 0) is 12.6 Å². The lowest BCUT2D eigenvalue weighted by atomic mass is 9.99. The third-order valence-corrected chi connectivity index (χ3v) is 3.17. The maximum Gasteiger partial charge on any atom is 0.416 e. The molecule has 0 aliphatic carbocycles. The highest BCUT2D eigenvalue weighted by molar-refractivity contribution is 6.30. The molecule has 0 bridgehead atoms. The number of hydrogen-bond donors (Lipinski definition) is 0. The number of benzene rings is 2. The van der Waals surface area contributed by atoms with Crippen LogP contribution in [0.1, 0.15) is 16.7 Å². The van der Waals surface area contributed by atoms with E-state index in [-0.39, 0.29) is 17.0 Å². The minimum Gasteiger partial charge on any atom is -0.166 e. The summed E-state index contributed by atoms with van der Waals surface area (Å²) >= 11 is 11.4. The first kappa shape index (κ1) is 14.2. The lowest BCUT2D eigenvalue weighted by Crippen LogP contribution is -2.09. The predicted molar refractivity (Wildman–Crippen MR) is 70.7 cm³/mol. The highest BCUT2D eigenvalue weighted by Gasteiger charge is 2.33. The van der Waals surface area contributed by atoms with Gasteiger partial charge in [-0.3, -0.25) is 0 Å². The van der Waals surface area contributed by atoms with E-state index in [1.807, 2.05) is 0 Å². The summed E-state index contributed by atoms with van der Waals surface area (Å²) in [5.74, 6) is 0. The van der Waals surface area contributed by atoms with E-state index in [2.05, 4.69) is 0 Å². The van der Waals surface area contributed by atoms with Crippen molar-refractivity contribution in [2.75, 3.05) is 0 Å². The number of rotatable bonds is 2. The average molecular weight is 305 g/mol. The molecule has 5 heteroatoms. The van der Waals surface area contributed by atoms with E-state index < -0.39 is 11.7 Å². The van der Waals surface area contributed by atoms with E-state index >= 15 is 0 Å². The fourth-order valence-electron chi connectivity index (χ4n) is 1.79. The minimum atomic E-state index is -4.41. The molecule has 0 unspecified atom stereocenters. The van der Waals surface area contributed by atoms with Crippen molar-refractivity contribution in [3.63, 3.8) is 0 Å².